The molecule has 1 unspecified atom stereocenters. The van der Waals surface area contributed by atoms with E-state index in [2.05, 4.69) is 10.2 Å². The largest absolute Gasteiger partial charge is 0.359 e. The zero-order chi connectivity index (χ0) is 9.68. The van der Waals surface area contributed by atoms with Gasteiger partial charge in [0.05, 0.1) is 0 Å². The maximum atomic E-state index is 11.0. The number of nitrogens with two attached hydrogens (primary N) is 1. The molecular weight excluding hydrogens is 166 g/mol. The minimum atomic E-state index is 0.110. The molecule has 76 valence electrons. The number of nitrogens with one attached hydrogen (secondary N) is 1. The maximum Gasteiger partial charge on any atom is 0.221 e. The van der Waals surface area contributed by atoms with Crippen molar-refractivity contribution < 1.29 is 4.79 Å². The smallest absolute Gasteiger partial charge is 0.221 e. The first kappa shape index (κ1) is 10.5. The van der Waals surface area contributed by atoms with Crippen LogP contribution in [0.4, 0.5) is 0 Å². The van der Waals surface area contributed by atoms with Gasteiger partial charge >= 0.3 is 0 Å². The molecule has 1 heterocycles. The predicted octanol–water partition coefficient (Wildman–Crippen LogP) is -0.454. The standard InChI is InChI=1S/C9H19N3O/c1-11-9(13)4-6-12-5-2-3-8(10)7-12/h8H,2-7,10H2,1H3,(H,11,13). The van der Waals surface area contributed by atoms with Gasteiger partial charge in [-0.15, -0.1) is 0 Å². The van der Waals surface area contributed by atoms with Gasteiger partial charge in [-0.05, 0) is 19.4 Å². The third-order valence-electron chi connectivity index (χ3n) is 2.48. The van der Waals surface area contributed by atoms with Crippen molar-refractivity contribution in [2.24, 2.45) is 5.73 Å². The van der Waals surface area contributed by atoms with Crippen molar-refractivity contribution in [3.8, 4) is 0 Å². The lowest BCUT2D eigenvalue weighted by atomic mass is 10.1. The van der Waals surface area contributed by atoms with E-state index in [1.165, 1.54) is 0 Å². The molecule has 0 aromatic heterocycles. The molecule has 1 fully saturated rings. The lowest BCUT2D eigenvalue weighted by Gasteiger charge is -2.30. The van der Waals surface area contributed by atoms with Crippen LogP contribution in [0.3, 0.4) is 0 Å². The Hall–Kier alpha value is -0.610. The highest BCUT2D eigenvalue weighted by Crippen LogP contribution is 2.07. The fourth-order valence-corrected chi connectivity index (χ4v) is 1.68. The van der Waals surface area contributed by atoms with E-state index in [9.17, 15) is 4.79 Å². The summed E-state index contributed by atoms with van der Waals surface area (Å²) >= 11 is 0. The van der Waals surface area contributed by atoms with Gasteiger partial charge in [0, 0.05) is 32.6 Å². The number of likely N-dealkylation sites (tertiary alicyclic amines) is 1. The minimum Gasteiger partial charge on any atom is -0.359 e. The molecule has 1 rings (SSSR count). The molecule has 0 aromatic carbocycles. The Morgan fingerprint density at radius 1 is 1.69 bits per heavy atom. The molecule has 1 aliphatic rings. The number of carbonyl (C=O) groups excluding carboxylic acids is 1. The highest BCUT2D eigenvalue weighted by molar-refractivity contribution is 5.75. The van der Waals surface area contributed by atoms with Crippen LogP contribution in [0.2, 0.25) is 0 Å². The number of piperidine rings is 1. The van der Waals surface area contributed by atoms with Gasteiger partial charge in [-0.2, -0.15) is 0 Å². The zero-order valence-corrected chi connectivity index (χ0v) is 8.25. The van der Waals surface area contributed by atoms with Crippen LogP contribution < -0.4 is 11.1 Å². The molecule has 1 amide bonds. The topological polar surface area (TPSA) is 58.4 Å². The van der Waals surface area contributed by atoms with Gasteiger partial charge in [0.15, 0.2) is 0 Å². The molecule has 0 spiro atoms. The first-order valence-corrected chi connectivity index (χ1v) is 4.91. The monoisotopic (exact) mass is 185 g/mol. The van der Waals surface area contributed by atoms with Crippen LogP contribution in [0, 0.1) is 0 Å². The van der Waals surface area contributed by atoms with Crippen LogP contribution in [-0.2, 0) is 4.79 Å². The summed E-state index contributed by atoms with van der Waals surface area (Å²) in [5.74, 6) is 0.110. The van der Waals surface area contributed by atoms with Crippen LogP contribution in [0.15, 0.2) is 0 Å². The molecule has 4 heteroatoms. The van der Waals surface area contributed by atoms with Crippen molar-refractivity contribution >= 4 is 5.91 Å². The fourth-order valence-electron chi connectivity index (χ4n) is 1.68. The highest BCUT2D eigenvalue weighted by Gasteiger charge is 2.16. The van der Waals surface area contributed by atoms with E-state index >= 15 is 0 Å². The molecule has 0 saturated carbocycles. The third kappa shape index (κ3) is 3.74. The number of nitrogens with zero attached hydrogens (tertiary/aromatic N) is 1. The van der Waals surface area contributed by atoms with Gasteiger partial charge in [0.1, 0.15) is 0 Å². The number of hydrogen-bond acceptors (Lipinski definition) is 3. The summed E-state index contributed by atoms with van der Waals surface area (Å²) in [5, 5.41) is 2.62. The second-order valence-electron chi connectivity index (χ2n) is 3.63. The van der Waals surface area contributed by atoms with E-state index in [1.54, 1.807) is 7.05 Å². The fraction of sp³-hybridized carbons (Fsp3) is 0.889. The van der Waals surface area contributed by atoms with Crippen LogP contribution in [0.5, 0.6) is 0 Å². The Labute approximate surface area is 79.5 Å². The lowest BCUT2D eigenvalue weighted by molar-refractivity contribution is -0.121. The quantitative estimate of drug-likeness (QED) is 0.626. The second kappa shape index (κ2) is 5.19. The second-order valence-corrected chi connectivity index (χ2v) is 3.63. The van der Waals surface area contributed by atoms with Gasteiger partial charge in [-0.3, -0.25) is 4.79 Å². The maximum absolute atomic E-state index is 11.0. The average molecular weight is 185 g/mol. The Balaban J connectivity index is 2.17. The van der Waals surface area contributed by atoms with Crippen molar-refractivity contribution in [1.82, 2.24) is 10.2 Å². The summed E-state index contributed by atoms with van der Waals surface area (Å²) in [6, 6.07) is 0.304. The summed E-state index contributed by atoms with van der Waals surface area (Å²) in [6.45, 7) is 2.87. The molecule has 0 aliphatic carbocycles. The molecule has 0 bridgehead atoms. The molecular formula is C9H19N3O. The summed E-state index contributed by atoms with van der Waals surface area (Å²) < 4.78 is 0. The Morgan fingerprint density at radius 3 is 3.08 bits per heavy atom. The summed E-state index contributed by atoms with van der Waals surface area (Å²) in [6.07, 6.45) is 2.87. The molecule has 4 nitrogen and oxygen atoms in total. The third-order valence-corrected chi connectivity index (χ3v) is 2.48. The molecule has 1 aliphatic heterocycles. The Bertz CT molecular complexity index is 172. The Kier molecular flexibility index (Phi) is 4.18. The van der Waals surface area contributed by atoms with Crippen molar-refractivity contribution in [3.63, 3.8) is 0 Å². The van der Waals surface area contributed by atoms with Crippen molar-refractivity contribution in [1.29, 1.82) is 0 Å². The van der Waals surface area contributed by atoms with Crippen LogP contribution in [-0.4, -0.2) is 43.5 Å². The van der Waals surface area contributed by atoms with Gasteiger partial charge in [0.2, 0.25) is 5.91 Å². The normalized spacial score (nSPS) is 24.3. The highest BCUT2D eigenvalue weighted by atomic mass is 16.1. The van der Waals surface area contributed by atoms with Crippen LogP contribution in [0.25, 0.3) is 0 Å². The number of rotatable bonds is 3. The van der Waals surface area contributed by atoms with Gasteiger partial charge in [-0.25, -0.2) is 0 Å². The first-order chi connectivity index (χ1) is 6.22. The number of hydrogen-bond donors (Lipinski definition) is 2. The van der Waals surface area contributed by atoms with E-state index in [-0.39, 0.29) is 5.91 Å². The SMILES string of the molecule is CNC(=O)CCN1CCCC(N)C1. The van der Waals surface area contributed by atoms with Gasteiger partial charge in [0.25, 0.3) is 0 Å². The summed E-state index contributed by atoms with van der Waals surface area (Å²) in [4.78, 5) is 13.2. The van der Waals surface area contributed by atoms with E-state index in [0.717, 1.165) is 32.5 Å². The molecule has 3 N–H and O–H groups in total. The number of carbonyl (C=O) groups is 1. The van der Waals surface area contributed by atoms with E-state index in [4.69, 9.17) is 5.73 Å². The van der Waals surface area contributed by atoms with Crippen LogP contribution in [0.1, 0.15) is 19.3 Å². The predicted molar refractivity (Wildman–Crippen MR) is 52.3 cm³/mol. The molecule has 13 heavy (non-hydrogen) atoms. The molecule has 1 atom stereocenters. The minimum absolute atomic E-state index is 0.110. The van der Waals surface area contributed by atoms with E-state index in [0.29, 0.717) is 12.5 Å². The Morgan fingerprint density at radius 2 is 2.46 bits per heavy atom. The summed E-state index contributed by atoms with van der Waals surface area (Å²) in [7, 11) is 1.67. The molecule has 0 radical (unpaired) electrons. The van der Waals surface area contributed by atoms with Crippen LogP contribution >= 0.6 is 0 Å². The van der Waals surface area contributed by atoms with Crippen molar-refractivity contribution in [2.45, 2.75) is 25.3 Å². The van der Waals surface area contributed by atoms with Crippen molar-refractivity contribution in [2.75, 3.05) is 26.7 Å². The van der Waals surface area contributed by atoms with Gasteiger partial charge < -0.3 is 16.0 Å². The first-order valence-electron chi connectivity index (χ1n) is 4.91. The van der Waals surface area contributed by atoms with Gasteiger partial charge in [-0.1, -0.05) is 0 Å². The lowest BCUT2D eigenvalue weighted by Crippen LogP contribution is -2.43. The van der Waals surface area contributed by atoms with E-state index in [1.807, 2.05) is 0 Å². The number of amides is 1. The molecule has 0 aromatic rings. The van der Waals surface area contributed by atoms with Crippen molar-refractivity contribution in [3.05, 3.63) is 0 Å². The molecule has 1 saturated heterocycles. The average Bonchev–Trinajstić information content (AvgIpc) is 2.14. The summed E-state index contributed by atoms with van der Waals surface area (Å²) in [5.41, 5.74) is 5.82. The van der Waals surface area contributed by atoms with E-state index < -0.39 is 0 Å². The zero-order valence-electron chi connectivity index (χ0n) is 8.25.